The van der Waals surface area contributed by atoms with Crippen LogP contribution >= 0.6 is 0 Å². The van der Waals surface area contributed by atoms with E-state index in [0.717, 1.165) is 35.2 Å². The van der Waals surface area contributed by atoms with Gasteiger partial charge in [0.15, 0.2) is 5.58 Å². The smallest absolute Gasteiger partial charge is 0.227 e. The number of aryl methyl sites for hydroxylation is 1. The van der Waals surface area contributed by atoms with Crippen molar-refractivity contribution in [1.82, 2.24) is 0 Å². The highest BCUT2D eigenvalue weighted by Gasteiger charge is 2.24. The number of para-hydroxylation sites is 1. The zero-order valence-corrected chi connectivity index (χ0v) is 9.19. The summed E-state index contributed by atoms with van der Waals surface area (Å²) in [4.78, 5) is 13.5. The summed E-state index contributed by atoms with van der Waals surface area (Å²) in [5.41, 5.74) is 2.85. The van der Waals surface area contributed by atoms with Crippen LogP contribution in [-0.2, 0) is 4.79 Å². The van der Waals surface area contributed by atoms with Gasteiger partial charge in [0.05, 0.1) is 12.0 Å². The topological polar surface area (TPSA) is 33.5 Å². The molecule has 3 nitrogen and oxygen atoms in total. The minimum atomic E-state index is 0.196. The fourth-order valence-electron chi connectivity index (χ4n) is 2.29. The number of benzene rings is 1. The first kappa shape index (κ1) is 9.46. The molecule has 2 aromatic rings. The largest absolute Gasteiger partial charge is 0.462 e. The number of anilines is 1. The van der Waals surface area contributed by atoms with Crippen molar-refractivity contribution in [3.8, 4) is 0 Å². The van der Waals surface area contributed by atoms with Crippen LogP contribution in [0.15, 0.2) is 28.9 Å². The number of fused-ring (bicyclic) bond motifs is 1. The molecule has 1 aliphatic heterocycles. The predicted molar refractivity (Wildman–Crippen MR) is 62.5 cm³/mol. The molecule has 0 spiro atoms. The van der Waals surface area contributed by atoms with Crippen molar-refractivity contribution >= 4 is 22.6 Å². The third kappa shape index (κ3) is 1.24. The fourth-order valence-corrected chi connectivity index (χ4v) is 2.29. The molecular formula is C13H13NO2. The molecule has 1 fully saturated rings. The van der Waals surface area contributed by atoms with E-state index in [1.165, 1.54) is 0 Å². The molecule has 16 heavy (non-hydrogen) atoms. The highest BCUT2D eigenvalue weighted by atomic mass is 16.3. The van der Waals surface area contributed by atoms with Crippen molar-refractivity contribution in [1.29, 1.82) is 0 Å². The first-order valence-corrected chi connectivity index (χ1v) is 5.54. The second-order valence-corrected chi connectivity index (χ2v) is 4.22. The van der Waals surface area contributed by atoms with E-state index in [0.29, 0.717) is 6.42 Å². The van der Waals surface area contributed by atoms with Gasteiger partial charge in [0.25, 0.3) is 0 Å². The average molecular weight is 215 g/mol. The Kier molecular flexibility index (Phi) is 1.99. The van der Waals surface area contributed by atoms with E-state index in [9.17, 15) is 4.79 Å². The Labute approximate surface area is 93.6 Å². The van der Waals surface area contributed by atoms with Crippen molar-refractivity contribution in [2.24, 2.45) is 0 Å². The lowest BCUT2D eigenvalue weighted by Crippen LogP contribution is -2.23. The third-order valence-corrected chi connectivity index (χ3v) is 3.14. The van der Waals surface area contributed by atoms with Gasteiger partial charge in [-0.1, -0.05) is 12.1 Å². The van der Waals surface area contributed by atoms with Gasteiger partial charge in [-0.25, -0.2) is 0 Å². The number of hydrogen-bond donors (Lipinski definition) is 0. The second kappa shape index (κ2) is 3.37. The Morgan fingerprint density at radius 3 is 3.00 bits per heavy atom. The monoisotopic (exact) mass is 215 g/mol. The Hall–Kier alpha value is -1.77. The van der Waals surface area contributed by atoms with Crippen molar-refractivity contribution in [3.63, 3.8) is 0 Å². The van der Waals surface area contributed by atoms with Gasteiger partial charge in [-0.15, -0.1) is 0 Å². The summed E-state index contributed by atoms with van der Waals surface area (Å²) in [5, 5.41) is 1.09. The first-order valence-electron chi connectivity index (χ1n) is 5.54. The van der Waals surface area contributed by atoms with Gasteiger partial charge in [-0.3, -0.25) is 4.79 Å². The number of nitrogens with zero attached hydrogens (tertiary/aromatic N) is 1. The zero-order chi connectivity index (χ0) is 11.1. The van der Waals surface area contributed by atoms with E-state index in [4.69, 9.17) is 4.42 Å². The SMILES string of the molecule is Cc1coc2c(N3CCCC3=O)cccc12. The maximum Gasteiger partial charge on any atom is 0.227 e. The second-order valence-electron chi connectivity index (χ2n) is 4.22. The Balaban J connectivity index is 2.19. The van der Waals surface area contributed by atoms with Crippen molar-refractivity contribution < 1.29 is 9.21 Å². The van der Waals surface area contributed by atoms with Gasteiger partial charge >= 0.3 is 0 Å². The van der Waals surface area contributed by atoms with E-state index >= 15 is 0 Å². The molecule has 1 aromatic heterocycles. The Morgan fingerprint density at radius 2 is 2.25 bits per heavy atom. The highest BCUT2D eigenvalue weighted by molar-refractivity contribution is 6.03. The summed E-state index contributed by atoms with van der Waals surface area (Å²) in [6, 6.07) is 5.96. The number of carbonyl (C=O) groups excluding carboxylic acids is 1. The lowest BCUT2D eigenvalue weighted by Gasteiger charge is -2.15. The van der Waals surface area contributed by atoms with Crippen LogP contribution in [0.5, 0.6) is 0 Å². The number of hydrogen-bond acceptors (Lipinski definition) is 2. The molecule has 0 saturated carbocycles. The molecule has 0 bridgehead atoms. The molecule has 82 valence electrons. The standard InChI is InChI=1S/C13H13NO2/c1-9-8-16-13-10(9)4-2-5-11(13)14-7-3-6-12(14)15/h2,4-5,8H,3,6-7H2,1H3. The third-order valence-electron chi connectivity index (χ3n) is 3.14. The molecule has 3 heteroatoms. The van der Waals surface area contributed by atoms with Crippen molar-refractivity contribution in [3.05, 3.63) is 30.0 Å². The van der Waals surface area contributed by atoms with Crippen LogP contribution in [0.25, 0.3) is 11.0 Å². The molecule has 1 aromatic carbocycles. The summed E-state index contributed by atoms with van der Waals surface area (Å²) in [5.74, 6) is 0.196. The minimum absolute atomic E-state index is 0.196. The Bertz CT molecular complexity index is 556. The maximum absolute atomic E-state index is 11.7. The lowest BCUT2D eigenvalue weighted by atomic mass is 10.1. The molecular weight excluding hydrogens is 202 g/mol. The Morgan fingerprint density at radius 1 is 1.38 bits per heavy atom. The van der Waals surface area contributed by atoms with Crippen LogP contribution in [0.3, 0.4) is 0 Å². The molecule has 1 saturated heterocycles. The van der Waals surface area contributed by atoms with Gasteiger partial charge < -0.3 is 9.32 Å². The number of furan rings is 1. The lowest BCUT2D eigenvalue weighted by molar-refractivity contribution is -0.117. The van der Waals surface area contributed by atoms with Crippen LogP contribution in [0.2, 0.25) is 0 Å². The molecule has 0 atom stereocenters. The predicted octanol–water partition coefficient (Wildman–Crippen LogP) is 2.87. The molecule has 0 unspecified atom stereocenters. The number of amides is 1. The van der Waals surface area contributed by atoms with E-state index in [2.05, 4.69) is 0 Å². The van der Waals surface area contributed by atoms with Gasteiger partial charge in [0.2, 0.25) is 5.91 Å². The summed E-state index contributed by atoms with van der Waals surface area (Å²) < 4.78 is 5.55. The van der Waals surface area contributed by atoms with E-state index in [1.807, 2.05) is 30.0 Å². The molecule has 0 N–H and O–H groups in total. The molecule has 0 radical (unpaired) electrons. The molecule has 0 aliphatic carbocycles. The zero-order valence-electron chi connectivity index (χ0n) is 9.19. The molecule has 3 rings (SSSR count). The summed E-state index contributed by atoms with van der Waals surface area (Å²) >= 11 is 0. The van der Waals surface area contributed by atoms with E-state index < -0.39 is 0 Å². The van der Waals surface area contributed by atoms with Crippen LogP contribution in [-0.4, -0.2) is 12.5 Å². The van der Waals surface area contributed by atoms with Gasteiger partial charge in [-0.2, -0.15) is 0 Å². The summed E-state index contributed by atoms with van der Waals surface area (Å²) in [6.07, 6.45) is 3.33. The van der Waals surface area contributed by atoms with Gasteiger partial charge in [0.1, 0.15) is 0 Å². The van der Waals surface area contributed by atoms with E-state index in [1.54, 1.807) is 6.26 Å². The maximum atomic E-state index is 11.7. The van der Waals surface area contributed by atoms with Crippen LogP contribution < -0.4 is 4.90 Å². The van der Waals surface area contributed by atoms with Crippen LogP contribution in [0, 0.1) is 6.92 Å². The molecule has 2 heterocycles. The van der Waals surface area contributed by atoms with Gasteiger partial charge in [-0.05, 0) is 25.0 Å². The molecule has 1 amide bonds. The van der Waals surface area contributed by atoms with Crippen molar-refractivity contribution in [2.45, 2.75) is 19.8 Å². The average Bonchev–Trinajstić information content (AvgIpc) is 2.86. The fraction of sp³-hybridized carbons (Fsp3) is 0.308. The van der Waals surface area contributed by atoms with Gasteiger partial charge in [0, 0.05) is 18.4 Å². The first-order chi connectivity index (χ1) is 7.77. The van der Waals surface area contributed by atoms with Crippen LogP contribution in [0.4, 0.5) is 5.69 Å². The highest BCUT2D eigenvalue weighted by Crippen LogP contribution is 2.32. The van der Waals surface area contributed by atoms with Crippen molar-refractivity contribution in [2.75, 3.05) is 11.4 Å². The quantitative estimate of drug-likeness (QED) is 0.732. The summed E-state index contributed by atoms with van der Waals surface area (Å²) in [7, 11) is 0. The van der Waals surface area contributed by atoms with E-state index in [-0.39, 0.29) is 5.91 Å². The number of rotatable bonds is 1. The summed E-state index contributed by atoms with van der Waals surface area (Å²) in [6.45, 7) is 2.82. The molecule has 1 aliphatic rings. The van der Waals surface area contributed by atoms with Crippen LogP contribution in [0.1, 0.15) is 18.4 Å². The minimum Gasteiger partial charge on any atom is -0.462 e. The normalized spacial score (nSPS) is 16.3. The number of carbonyl (C=O) groups is 1.